The van der Waals surface area contributed by atoms with Gasteiger partial charge in [-0.15, -0.1) is 0 Å². The number of carbonyl (C=O) groups excluding carboxylic acids is 1. The molecule has 0 saturated carbocycles. The van der Waals surface area contributed by atoms with Crippen LogP contribution >= 0.6 is 0 Å². The number of anilines is 1. The highest BCUT2D eigenvalue weighted by Gasteiger charge is 2.20. The molecule has 8 heteroatoms. The normalized spacial score (nSPS) is 14.7. The van der Waals surface area contributed by atoms with Crippen molar-refractivity contribution in [2.75, 3.05) is 38.6 Å². The first-order valence-electron chi connectivity index (χ1n) is 6.71. The Kier molecular flexibility index (Phi) is 5.03. The quantitative estimate of drug-likeness (QED) is 0.764. The lowest BCUT2D eigenvalue weighted by Gasteiger charge is -2.13. The number of nitrogens with zero attached hydrogens (tertiary/aromatic N) is 2. The van der Waals surface area contributed by atoms with Crippen LogP contribution in [-0.2, 0) is 10.2 Å². The minimum absolute atomic E-state index is 0.0385. The molecule has 0 spiro atoms. The lowest BCUT2D eigenvalue weighted by Crippen LogP contribution is -2.35. The summed E-state index contributed by atoms with van der Waals surface area (Å²) in [6.45, 7) is 1.33. The molecule has 1 aromatic carbocycles. The number of carbonyl (C=O) groups is 1. The number of rotatable bonds is 4. The first kappa shape index (κ1) is 16.3. The zero-order valence-electron chi connectivity index (χ0n) is 12.5. The molecule has 1 saturated heterocycles. The van der Waals surface area contributed by atoms with Crippen LogP contribution in [0.5, 0.6) is 0 Å². The van der Waals surface area contributed by atoms with Crippen molar-refractivity contribution in [1.29, 1.82) is 0 Å². The smallest absolute Gasteiger partial charge is 0.321 e. The van der Waals surface area contributed by atoms with E-state index in [2.05, 4.69) is 21.9 Å². The summed E-state index contributed by atoms with van der Waals surface area (Å²) >= 11 is 0. The molecule has 118 valence electrons. The lowest BCUT2D eigenvalue weighted by atomic mass is 10.2. The third-order valence-electron chi connectivity index (χ3n) is 3.09. The monoisotopic (exact) mass is 322 g/mol. The summed E-state index contributed by atoms with van der Waals surface area (Å²) < 4.78 is 26.4. The van der Waals surface area contributed by atoms with Crippen LogP contribution < -0.4 is 14.9 Å². The Labute approximate surface area is 130 Å². The van der Waals surface area contributed by atoms with Crippen LogP contribution in [0.2, 0.25) is 0 Å². The van der Waals surface area contributed by atoms with E-state index in [1.807, 2.05) is 12.1 Å². The summed E-state index contributed by atoms with van der Waals surface area (Å²) in [6.07, 6.45) is 0. The first-order valence-corrected chi connectivity index (χ1v) is 8.15. The van der Waals surface area contributed by atoms with Gasteiger partial charge in [-0.3, -0.25) is 4.90 Å². The van der Waals surface area contributed by atoms with Gasteiger partial charge in [-0.25, -0.2) is 4.79 Å². The molecule has 22 heavy (non-hydrogen) atoms. The summed E-state index contributed by atoms with van der Waals surface area (Å²) in [4.78, 5) is 13.2. The van der Waals surface area contributed by atoms with Gasteiger partial charge in [0.15, 0.2) is 0 Å². The molecule has 0 aromatic heterocycles. The van der Waals surface area contributed by atoms with Crippen LogP contribution in [0, 0.1) is 11.8 Å². The highest BCUT2D eigenvalue weighted by Crippen LogP contribution is 2.16. The molecule has 2 amide bonds. The van der Waals surface area contributed by atoms with Crippen molar-refractivity contribution in [3.05, 3.63) is 29.8 Å². The summed E-state index contributed by atoms with van der Waals surface area (Å²) in [6, 6.07) is 7.14. The van der Waals surface area contributed by atoms with Gasteiger partial charge in [0.1, 0.15) is 0 Å². The summed E-state index contributed by atoms with van der Waals surface area (Å²) in [7, 11) is -0.552. The van der Waals surface area contributed by atoms with Gasteiger partial charge in [0, 0.05) is 38.4 Å². The van der Waals surface area contributed by atoms with Gasteiger partial charge >= 0.3 is 6.03 Å². The Morgan fingerprint density at radius 2 is 2.00 bits per heavy atom. The van der Waals surface area contributed by atoms with Crippen LogP contribution in [0.3, 0.4) is 0 Å². The Morgan fingerprint density at radius 3 is 2.55 bits per heavy atom. The van der Waals surface area contributed by atoms with Crippen LogP contribution in [0.25, 0.3) is 0 Å². The highest BCUT2D eigenvalue weighted by molar-refractivity contribution is 7.87. The number of hydrogen-bond donors (Lipinski definition) is 2. The van der Waals surface area contributed by atoms with Gasteiger partial charge in [-0.1, -0.05) is 11.8 Å². The van der Waals surface area contributed by atoms with E-state index in [0.29, 0.717) is 13.1 Å². The van der Waals surface area contributed by atoms with Crippen molar-refractivity contribution >= 4 is 21.9 Å². The molecule has 0 aliphatic carbocycles. The summed E-state index contributed by atoms with van der Waals surface area (Å²) in [5.74, 6) is 5.62. The standard InChI is InChI=1S/C14H18N4O3S/c1-17(2)22(20,21)16-9-3-4-12-5-7-13(8-6-12)18-11-10-15-14(18)19/h5-8,16H,9-11H2,1-2H3,(H,15,19). The molecule has 0 atom stereocenters. The van der Waals surface area contributed by atoms with Crippen molar-refractivity contribution in [2.45, 2.75) is 0 Å². The maximum atomic E-state index is 11.5. The van der Waals surface area contributed by atoms with Gasteiger partial charge in [0.25, 0.3) is 10.2 Å². The summed E-state index contributed by atoms with van der Waals surface area (Å²) in [5, 5.41) is 2.74. The second-order valence-electron chi connectivity index (χ2n) is 4.84. The Bertz CT molecular complexity index is 702. The van der Waals surface area contributed by atoms with Gasteiger partial charge < -0.3 is 5.32 Å². The van der Waals surface area contributed by atoms with Crippen LogP contribution in [-0.4, -0.2) is 52.5 Å². The third kappa shape index (κ3) is 3.98. The Balaban J connectivity index is 1.95. The maximum Gasteiger partial charge on any atom is 0.321 e. The molecule has 0 bridgehead atoms. The molecule has 0 unspecified atom stereocenters. The fourth-order valence-corrected chi connectivity index (χ4v) is 2.36. The number of urea groups is 1. The van der Waals surface area contributed by atoms with Crippen molar-refractivity contribution in [1.82, 2.24) is 14.3 Å². The molecule has 2 N–H and O–H groups in total. The van der Waals surface area contributed by atoms with Crippen molar-refractivity contribution < 1.29 is 13.2 Å². The number of hydrogen-bond acceptors (Lipinski definition) is 3. The van der Waals surface area contributed by atoms with E-state index in [9.17, 15) is 13.2 Å². The van der Waals surface area contributed by atoms with Crippen molar-refractivity contribution in [2.24, 2.45) is 0 Å². The molecule has 0 radical (unpaired) electrons. The molecule has 7 nitrogen and oxygen atoms in total. The molecular formula is C14H18N4O3S. The molecule has 1 aliphatic rings. The molecule has 1 fully saturated rings. The lowest BCUT2D eigenvalue weighted by molar-refractivity contribution is 0.252. The van der Waals surface area contributed by atoms with Gasteiger partial charge in [0.05, 0.1) is 6.54 Å². The highest BCUT2D eigenvalue weighted by atomic mass is 32.2. The second kappa shape index (κ2) is 6.79. The topological polar surface area (TPSA) is 81.8 Å². The molecule has 2 rings (SSSR count). The van der Waals surface area contributed by atoms with E-state index < -0.39 is 10.2 Å². The first-order chi connectivity index (χ1) is 10.4. The zero-order valence-corrected chi connectivity index (χ0v) is 13.3. The van der Waals surface area contributed by atoms with Crippen molar-refractivity contribution in [3.63, 3.8) is 0 Å². The predicted octanol–water partition coefficient (Wildman–Crippen LogP) is -0.0363. The van der Waals surface area contributed by atoms with E-state index in [1.165, 1.54) is 14.1 Å². The van der Waals surface area contributed by atoms with E-state index in [-0.39, 0.29) is 12.6 Å². The van der Waals surface area contributed by atoms with E-state index in [4.69, 9.17) is 0 Å². The maximum absolute atomic E-state index is 11.5. The molecule has 1 heterocycles. The van der Waals surface area contributed by atoms with Crippen LogP contribution in [0.15, 0.2) is 24.3 Å². The number of nitrogens with one attached hydrogen (secondary N) is 2. The van der Waals surface area contributed by atoms with Crippen molar-refractivity contribution in [3.8, 4) is 11.8 Å². The molecule has 1 aromatic rings. The predicted molar refractivity (Wildman–Crippen MR) is 84.7 cm³/mol. The fourth-order valence-electron chi connectivity index (χ4n) is 1.85. The average Bonchev–Trinajstić information content (AvgIpc) is 2.90. The third-order valence-corrected chi connectivity index (χ3v) is 4.56. The minimum atomic E-state index is -3.45. The zero-order chi connectivity index (χ0) is 16.2. The summed E-state index contributed by atoms with van der Waals surface area (Å²) in [5.41, 5.74) is 1.57. The van der Waals surface area contributed by atoms with E-state index in [0.717, 1.165) is 15.6 Å². The molecule has 1 aliphatic heterocycles. The van der Waals surface area contributed by atoms with E-state index >= 15 is 0 Å². The average molecular weight is 322 g/mol. The van der Waals surface area contributed by atoms with E-state index in [1.54, 1.807) is 17.0 Å². The van der Waals surface area contributed by atoms with Gasteiger partial charge in [-0.2, -0.15) is 17.4 Å². The Hall–Kier alpha value is -2.08. The number of amides is 2. The SMILES string of the molecule is CN(C)S(=O)(=O)NCC#Cc1ccc(N2CCNC2=O)cc1. The fraction of sp³-hybridized carbons (Fsp3) is 0.357. The number of benzene rings is 1. The second-order valence-corrected chi connectivity index (χ2v) is 6.81. The van der Waals surface area contributed by atoms with Gasteiger partial charge in [0.2, 0.25) is 0 Å². The van der Waals surface area contributed by atoms with Gasteiger partial charge in [-0.05, 0) is 24.3 Å². The Morgan fingerprint density at radius 1 is 1.32 bits per heavy atom. The largest absolute Gasteiger partial charge is 0.336 e. The minimum Gasteiger partial charge on any atom is -0.336 e. The van der Waals surface area contributed by atoms with Crippen LogP contribution in [0.4, 0.5) is 10.5 Å². The molecular weight excluding hydrogens is 304 g/mol. The van der Waals surface area contributed by atoms with Crippen LogP contribution in [0.1, 0.15) is 5.56 Å².